The highest BCUT2D eigenvalue weighted by Crippen LogP contribution is 2.35. The van der Waals surface area contributed by atoms with Crippen molar-refractivity contribution in [3.63, 3.8) is 0 Å². The highest BCUT2D eigenvalue weighted by Gasteiger charge is 2.43. The van der Waals surface area contributed by atoms with Gasteiger partial charge in [-0.25, -0.2) is 9.67 Å². The molecule has 1 spiro atoms. The maximum atomic E-state index is 13.2. The zero-order valence-electron chi connectivity index (χ0n) is 18.8. The SMILES string of the molecule is CC(=O)N1Cc2ccccc2O[C@@]2(CCCN(C(=O)C[C@@H](C)n3nc(C)nc3C)C2)C1. The number of carbonyl (C=O) groups excluding carboxylic acids is 2. The van der Waals surface area contributed by atoms with Gasteiger partial charge in [0.1, 0.15) is 23.0 Å². The molecule has 166 valence electrons. The lowest BCUT2D eigenvalue weighted by molar-refractivity contribution is -0.140. The molecule has 31 heavy (non-hydrogen) atoms. The van der Waals surface area contributed by atoms with Crippen molar-refractivity contribution in [2.24, 2.45) is 0 Å². The normalized spacial score (nSPS) is 21.9. The van der Waals surface area contributed by atoms with Gasteiger partial charge in [-0.1, -0.05) is 18.2 Å². The van der Waals surface area contributed by atoms with E-state index in [0.29, 0.717) is 38.4 Å². The van der Waals surface area contributed by atoms with Crippen LogP contribution in [0.2, 0.25) is 0 Å². The van der Waals surface area contributed by atoms with E-state index in [1.165, 1.54) is 0 Å². The minimum absolute atomic E-state index is 0.0220. The van der Waals surface area contributed by atoms with Crippen molar-refractivity contribution in [2.75, 3.05) is 19.6 Å². The maximum Gasteiger partial charge on any atom is 0.224 e. The molecule has 1 aromatic carbocycles. The molecule has 0 radical (unpaired) electrons. The first kappa shape index (κ1) is 21.3. The number of nitrogens with zero attached hydrogens (tertiary/aromatic N) is 5. The van der Waals surface area contributed by atoms with Crippen molar-refractivity contribution in [2.45, 2.75) is 65.1 Å². The number of para-hydroxylation sites is 1. The number of benzene rings is 1. The van der Waals surface area contributed by atoms with Crippen LogP contribution in [0.25, 0.3) is 0 Å². The van der Waals surface area contributed by atoms with Crippen molar-refractivity contribution < 1.29 is 14.3 Å². The number of aryl methyl sites for hydroxylation is 2. The lowest BCUT2D eigenvalue weighted by atomic mass is 9.91. The van der Waals surface area contributed by atoms with Crippen LogP contribution in [-0.4, -0.2) is 61.6 Å². The van der Waals surface area contributed by atoms with E-state index in [0.717, 1.165) is 30.0 Å². The Morgan fingerprint density at radius 3 is 2.65 bits per heavy atom. The highest BCUT2D eigenvalue weighted by molar-refractivity contribution is 5.77. The van der Waals surface area contributed by atoms with E-state index >= 15 is 0 Å². The summed E-state index contributed by atoms with van der Waals surface area (Å²) < 4.78 is 8.37. The number of amides is 2. The molecule has 4 rings (SSSR count). The van der Waals surface area contributed by atoms with Crippen LogP contribution in [0, 0.1) is 13.8 Å². The van der Waals surface area contributed by atoms with E-state index in [1.54, 1.807) is 6.92 Å². The van der Waals surface area contributed by atoms with Gasteiger partial charge in [-0.2, -0.15) is 5.10 Å². The Morgan fingerprint density at radius 1 is 1.19 bits per heavy atom. The van der Waals surface area contributed by atoms with Crippen LogP contribution in [0.1, 0.15) is 56.4 Å². The minimum atomic E-state index is -0.588. The maximum absolute atomic E-state index is 13.2. The number of carbonyl (C=O) groups is 2. The molecular formula is C23H31N5O3. The molecule has 8 nitrogen and oxygen atoms in total. The number of piperidine rings is 1. The predicted molar refractivity (Wildman–Crippen MR) is 116 cm³/mol. The van der Waals surface area contributed by atoms with Crippen LogP contribution in [0.5, 0.6) is 5.75 Å². The van der Waals surface area contributed by atoms with Gasteiger partial charge in [-0.3, -0.25) is 9.59 Å². The molecule has 2 aliphatic heterocycles. The third-order valence-electron chi connectivity index (χ3n) is 6.27. The lowest BCUT2D eigenvalue weighted by Crippen LogP contribution is -2.58. The number of rotatable bonds is 3. The lowest BCUT2D eigenvalue weighted by Gasteiger charge is -2.43. The summed E-state index contributed by atoms with van der Waals surface area (Å²) in [4.78, 5) is 33.6. The first-order valence-corrected chi connectivity index (χ1v) is 11.0. The van der Waals surface area contributed by atoms with E-state index in [-0.39, 0.29) is 17.9 Å². The fourth-order valence-electron chi connectivity index (χ4n) is 4.78. The number of fused-ring (bicyclic) bond motifs is 1. The van der Waals surface area contributed by atoms with E-state index < -0.39 is 5.60 Å². The van der Waals surface area contributed by atoms with E-state index in [9.17, 15) is 9.59 Å². The fraction of sp³-hybridized carbons (Fsp3) is 0.565. The largest absolute Gasteiger partial charge is 0.483 e. The summed E-state index contributed by atoms with van der Waals surface area (Å²) in [6.07, 6.45) is 2.01. The Labute approximate surface area is 183 Å². The number of hydrogen-bond acceptors (Lipinski definition) is 5. The van der Waals surface area contributed by atoms with Crippen LogP contribution in [-0.2, 0) is 16.1 Å². The Morgan fingerprint density at radius 2 is 1.94 bits per heavy atom. The van der Waals surface area contributed by atoms with Crippen molar-refractivity contribution in [3.8, 4) is 5.75 Å². The van der Waals surface area contributed by atoms with Gasteiger partial charge >= 0.3 is 0 Å². The Hall–Kier alpha value is -2.90. The van der Waals surface area contributed by atoms with Crippen LogP contribution in [0.4, 0.5) is 0 Å². The summed E-state index contributed by atoms with van der Waals surface area (Å²) in [5.74, 6) is 2.43. The molecule has 0 aliphatic carbocycles. The van der Waals surface area contributed by atoms with Gasteiger partial charge in [-0.05, 0) is 39.7 Å². The minimum Gasteiger partial charge on any atom is -0.483 e. The van der Waals surface area contributed by atoms with E-state index in [2.05, 4.69) is 10.1 Å². The molecular weight excluding hydrogens is 394 g/mol. The van der Waals surface area contributed by atoms with Crippen molar-refractivity contribution in [3.05, 3.63) is 41.5 Å². The zero-order chi connectivity index (χ0) is 22.2. The van der Waals surface area contributed by atoms with Crippen LogP contribution >= 0.6 is 0 Å². The standard InChI is InChI=1S/C23H31N5O3/c1-16(28-18(3)24-17(2)25-28)12-22(30)26-11-7-10-23(14-26)15-27(19(4)29)13-20-8-5-6-9-21(20)31-23/h5-6,8-9,16H,7,10-15H2,1-4H3/t16-,23-/m1/s1. The number of hydrogen-bond donors (Lipinski definition) is 0. The topological polar surface area (TPSA) is 80.6 Å². The molecule has 0 bridgehead atoms. The first-order valence-electron chi connectivity index (χ1n) is 11.0. The third-order valence-corrected chi connectivity index (χ3v) is 6.27. The Bertz CT molecular complexity index is 987. The monoisotopic (exact) mass is 425 g/mol. The van der Waals surface area contributed by atoms with Gasteiger partial charge in [0.2, 0.25) is 11.8 Å². The van der Waals surface area contributed by atoms with Crippen LogP contribution in [0.3, 0.4) is 0 Å². The highest BCUT2D eigenvalue weighted by atomic mass is 16.5. The predicted octanol–water partition coefficient (Wildman–Crippen LogP) is 2.65. The fourth-order valence-corrected chi connectivity index (χ4v) is 4.78. The van der Waals surface area contributed by atoms with E-state index in [1.807, 2.05) is 59.5 Å². The van der Waals surface area contributed by atoms with Crippen molar-refractivity contribution in [1.82, 2.24) is 24.6 Å². The van der Waals surface area contributed by atoms with Gasteiger partial charge < -0.3 is 14.5 Å². The molecule has 8 heteroatoms. The average Bonchev–Trinajstić information content (AvgIpc) is 2.97. The molecule has 3 heterocycles. The molecule has 1 aromatic heterocycles. The summed E-state index contributed by atoms with van der Waals surface area (Å²) in [5.41, 5.74) is 0.415. The molecule has 2 aromatic rings. The van der Waals surface area contributed by atoms with Gasteiger partial charge in [0, 0.05) is 32.0 Å². The Kier molecular flexibility index (Phi) is 5.73. The number of ether oxygens (including phenoxy) is 1. The van der Waals surface area contributed by atoms with Crippen molar-refractivity contribution in [1.29, 1.82) is 0 Å². The summed E-state index contributed by atoms with van der Waals surface area (Å²) in [7, 11) is 0. The molecule has 0 saturated carbocycles. The number of aromatic nitrogens is 3. The third kappa shape index (κ3) is 4.43. The zero-order valence-corrected chi connectivity index (χ0v) is 18.8. The molecule has 1 fully saturated rings. The van der Waals surface area contributed by atoms with E-state index in [4.69, 9.17) is 4.74 Å². The molecule has 2 amide bonds. The first-order chi connectivity index (χ1) is 14.8. The Balaban J connectivity index is 1.53. The van der Waals surface area contributed by atoms with Gasteiger partial charge in [-0.15, -0.1) is 0 Å². The molecule has 2 aliphatic rings. The van der Waals surface area contributed by atoms with Crippen LogP contribution in [0.15, 0.2) is 24.3 Å². The second-order valence-electron chi connectivity index (χ2n) is 8.89. The summed E-state index contributed by atoms with van der Waals surface area (Å²) >= 11 is 0. The summed E-state index contributed by atoms with van der Waals surface area (Å²) in [6, 6.07) is 7.80. The van der Waals surface area contributed by atoms with Gasteiger partial charge in [0.05, 0.1) is 19.1 Å². The average molecular weight is 426 g/mol. The molecule has 0 unspecified atom stereocenters. The van der Waals surface area contributed by atoms with Gasteiger partial charge in [0.15, 0.2) is 0 Å². The number of likely N-dealkylation sites (tertiary alicyclic amines) is 1. The summed E-state index contributed by atoms with van der Waals surface area (Å²) in [5, 5.41) is 4.42. The molecule has 1 saturated heterocycles. The summed E-state index contributed by atoms with van der Waals surface area (Å²) in [6.45, 7) is 9.55. The molecule has 2 atom stereocenters. The van der Waals surface area contributed by atoms with Crippen LogP contribution < -0.4 is 4.74 Å². The second kappa shape index (κ2) is 8.32. The smallest absolute Gasteiger partial charge is 0.224 e. The van der Waals surface area contributed by atoms with Gasteiger partial charge in [0.25, 0.3) is 0 Å². The van der Waals surface area contributed by atoms with Crippen molar-refractivity contribution >= 4 is 11.8 Å². The quantitative estimate of drug-likeness (QED) is 0.755. The molecule has 0 N–H and O–H groups in total. The second-order valence-corrected chi connectivity index (χ2v) is 8.89.